The van der Waals surface area contributed by atoms with Crippen molar-refractivity contribution in [3.63, 3.8) is 0 Å². The molecule has 0 heterocycles. The minimum Gasteiger partial charge on any atom is -0.109 e. The van der Waals surface area contributed by atoms with Crippen LogP contribution >= 0.6 is 187 Å². The summed E-state index contributed by atoms with van der Waals surface area (Å²) in [5.74, 6) is 0. The summed E-state index contributed by atoms with van der Waals surface area (Å²) in [6.07, 6.45) is 11.8. The molecule has 0 saturated carbocycles. The van der Waals surface area contributed by atoms with E-state index in [1.54, 1.807) is 0 Å². The average Bonchev–Trinajstić information content (AvgIpc) is 3.07. The Balaban J connectivity index is 0.000000639. The van der Waals surface area contributed by atoms with Crippen molar-refractivity contribution in [3.05, 3.63) is 132 Å². The highest BCUT2D eigenvalue weighted by Crippen LogP contribution is 3.16. The number of allylic oxidation sites excluding steroid dienone is 4. The largest absolute Gasteiger partial charge is 0.109 e. The molecule has 0 aliphatic heterocycles. The van der Waals surface area contributed by atoms with Crippen LogP contribution in [0.1, 0.15) is 23.6 Å². The third-order valence-electron chi connectivity index (χ3n) is 5.56. The Bertz CT molecular complexity index is 1170. The van der Waals surface area contributed by atoms with Gasteiger partial charge in [0, 0.05) is 0 Å². The molecule has 0 bridgehead atoms. The molecule has 0 N–H and O–H groups in total. The Labute approximate surface area is 342 Å². The van der Waals surface area contributed by atoms with Gasteiger partial charge in [-0.3, -0.25) is 0 Å². The summed E-state index contributed by atoms with van der Waals surface area (Å²) in [5, 5.41) is 0. The minimum absolute atomic E-state index is 0.103. The number of hydrogen-bond acceptors (Lipinski definition) is 0. The molecule has 0 saturated heterocycles. The van der Waals surface area contributed by atoms with Gasteiger partial charge in [0.15, 0.2) is 0 Å². The van der Waals surface area contributed by atoms with Crippen LogP contribution < -0.4 is 0 Å². The maximum atomic E-state index is 3.09. The summed E-state index contributed by atoms with van der Waals surface area (Å²) in [4.78, 5) is 0. The quantitative estimate of drug-likeness (QED) is 0.111. The van der Waals surface area contributed by atoms with Gasteiger partial charge in [-0.15, -0.1) is 116 Å². The van der Waals surface area contributed by atoms with Crippen molar-refractivity contribution < 1.29 is 0 Å². The first-order valence-corrected chi connectivity index (χ1v) is 54.4. The first-order chi connectivity index (χ1) is 23.3. The second kappa shape index (κ2) is 36.8. The van der Waals surface area contributed by atoms with Crippen LogP contribution in [0.25, 0.3) is 0 Å². The van der Waals surface area contributed by atoms with Crippen molar-refractivity contribution in [2.24, 2.45) is 0 Å². The topological polar surface area (TPSA) is 0 Å². The van der Waals surface area contributed by atoms with Gasteiger partial charge < -0.3 is 0 Å². The summed E-state index contributed by atoms with van der Waals surface area (Å²) in [5.41, 5.74) is 4.11. The van der Waals surface area contributed by atoms with Crippen LogP contribution in [-0.2, 0) is 19.3 Å². The zero-order chi connectivity index (χ0) is 37.2. The number of benzene rings is 3. The Morgan fingerprint density at radius 1 is 0.449 bits per heavy atom. The lowest BCUT2D eigenvalue weighted by Gasteiger charge is -2.32. The standard InChI is InChI=1S/C16H16.C10H12.H14P12.H13P11/c1-3-9-15(10-4-1)13-7-8-14-16-11-5-2-6-12-16;1-2-3-7-10-8-5-4-6-9-10;1-8(2)11(7)12(9(3)4)10(5)6;1-7-10(6)11(8(2)3)9(4)5/h1-12H,13-14H2;2-6,8-9H,7H2,1H3;1-7H2;7H,1-6H2/b8-7-;3-2-;;. The van der Waals surface area contributed by atoms with Gasteiger partial charge in [-0.05, 0) is 106 Å². The Hall–Kier alpha value is 7.03. The molecule has 3 rings (SSSR count). The Morgan fingerprint density at radius 2 is 0.755 bits per heavy atom. The average molecular weight is 1080 g/mol. The SMILES string of the molecule is C(=C/Cc1ccccc1)/Cc1ccccc1.C/C=C\Cc1ccccc1.PP(P)P(P)P(P(P)P)P(P)P.PPP(P)P(P(P)P)P(P)P. The van der Waals surface area contributed by atoms with Crippen LogP contribution in [-0.4, -0.2) is 0 Å². The van der Waals surface area contributed by atoms with E-state index in [4.69, 9.17) is 0 Å². The summed E-state index contributed by atoms with van der Waals surface area (Å²) >= 11 is 0. The Morgan fingerprint density at radius 3 is 0.959 bits per heavy atom. The maximum absolute atomic E-state index is 3.09. The van der Waals surface area contributed by atoms with Crippen LogP contribution in [0, 0.1) is 0 Å². The third-order valence-corrected chi connectivity index (χ3v) is 131. The van der Waals surface area contributed by atoms with Crippen LogP contribution in [0.3, 0.4) is 0 Å². The summed E-state index contributed by atoms with van der Waals surface area (Å²) in [7, 11) is 39.9. The van der Waals surface area contributed by atoms with Crippen molar-refractivity contribution in [1.29, 1.82) is 0 Å². The molecule has 0 fully saturated rings. The van der Waals surface area contributed by atoms with Gasteiger partial charge in [0.05, 0.1) is 0 Å². The summed E-state index contributed by atoms with van der Waals surface area (Å²) in [6.45, 7) is 3.51. The lowest BCUT2D eigenvalue weighted by Crippen LogP contribution is -1.81. The van der Waals surface area contributed by atoms with Crippen LogP contribution in [0.5, 0.6) is 0 Å². The van der Waals surface area contributed by atoms with Gasteiger partial charge >= 0.3 is 0 Å². The van der Waals surface area contributed by atoms with E-state index in [1.165, 1.54) is 16.7 Å². The normalized spacial score (nSPS) is 13.0. The molecular weight excluding hydrogens is 1020 g/mol. The second-order valence-electron chi connectivity index (χ2n) is 9.34. The molecule has 0 nitrogen and oxygen atoms in total. The maximum Gasteiger partial charge on any atom is -0.00631 e. The van der Waals surface area contributed by atoms with Gasteiger partial charge in [-0.1, -0.05) is 123 Å². The van der Waals surface area contributed by atoms with E-state index in [9.17, 15) is 0 Å². The zero-order valence-corrected chi connectivity index (χ0v) is 51.7. The molecule has 0 aromatic heterocycles. The fraction of sp³-hybridized carbons (Fsp3) is 0.154. The highest BCUT2D eigenvalue weighted by molar-refractivity contribution is 9.22. The second-order valence-corrected chi connectivity index (χ2v) is 93.3. The lowest BCUT2D eigenvalue weighted by atomic mass is 10.1. The van der Waals surface area contributed by atoms with Gasteiger partial charge in [0.2, 0.25) is 0 Å². The lowest BCUT2D eigenvalue weighted by molar-refractivity contribution is 1.21. The third kappa shape index (κ3) is 29.8. The van der Waals surface area contributed by atoms with Crippen molar-refractivity contribution in [2.75, 3.05) is 0 Å². The van der Waals surface area contributed by atoms with E-state index in [2.05, 4.69) is 225 Å². The molecule has 0 radical (unpaired) electrons. The monoisotopic (exact) mass is 1080 g/mol. The van der Waals surface area contributed by atoms with Crippen LogP contribution in [0.4, 0.5) is 0 Å². The first-order valence-electron chi connectivity index (χ1n) is 14.3. The van der Waals surface area contributed by atoms with E-state index in [0.717, 1.165) is 27.2 Å². The summed E-state index contributed by atoms with van der Waals surface area (Å²) in [6, 6.07) is 31.5. The highest BCUT2D eigenvalue weighted by atomic mass is 33.3. The molecule has 274 valence electrons. The molecule has 0 aliphatic carbocycles. The molecule has 23 heteroatoms. The van der Waals surface area contributed by atoms with E-state index in [1.807, 2.05) is 13.0 Å². The molecule has 3 aromatic carbocycles. The van der Waals surface area contributed by atoms with Crippen molar-refractivity contribution in [3.8, 4) is 0 Å². The smallest absolute Gasteiger partial charge is 0.00631 e. The number of rotatable bonds is 14. The van der Waals surface area contributed by atoms with E-state index in [0.29, 0.717) is 0 Å². The van der Waals surface area contributed by atoms with Gasteiger partial charge in [0.1, 0.15) is 0 Å². The zero-order valence-electron chi connectivity index (χ0n) is 27.6. The highest BCUT2D eigenvalue weighted by Gasteiger charge is 2.26. The Kier molecular flexibility index (Phi) is 42.1. The predicted molar refractivity (Wildman–Crippen MR) is 311 cm³/mol. The fourth-order valence-electron chi connectivity index (χ4n) is 3.35. The van der Waals surface area contributed by atoms with E-state index < -0.39 is 0 Å². The van der Waals surface area contributed by atoms with Gasteiger partial charge in [-0.25, -0.2) is 0 Å². The molecular formula is C26H55P23. The molecule has 0 spiro atoms. The molecule has 16 unspecified atom stereocenters. The van der Waals surface area contributed by atoms with Crippen molar-refractivity contribution >= 4 is 187 Å². The van der Waals surface area contributed by atoms with Crippen molar-refractivity contribution in [2.45, 2.75) is 26.2 Å². The summed E-state index contributed by atoms with van der Waals surface area (Å²) < 4.78 is 0. The molecule has 3 aromatic rings. The number of hydrogen-bond donors (Lipinski definition) is 0. The van der Waals surface area contributed by atoms with Crippen LogP contribution in [0.15, 0.2) is 115 Å². The van der Waals surface area contributed by atoms with E-state index >= 15 is 0 Å². The minimum atomic E-state index is 0.103. The molecule has 16 atom stereocenters. The first kappa shape index (κ1) is 56.0. The van der Waals surface area contributed by atoms with Crippen LogP contribution in [0.2, 0.25) is 0 Å². The van der Waals surface area contributed by atoms with Crippen molar-refractivity contribution in [1.82, 2.24) is 0 Å². The van der Waals surface area contributed by atoms with E-state index in [-0.39, 0.29) is 62.9 Å². The van der Waals surface area contributed by atoms with Gasteiger partial charge in [0.25, 0.3) is 0 Å². The van der Waals surface area contributed by atoms with Gasteiger partial charge in [-0.2, -0.15) is 0 Å². The molecule has 0 aliphatic rings. The fourth-order valence-corrected chi connectivity index (χ4v) is 201. The predicted octanol–water partition coefficient (Wildman–Crippen LogP) is 19.4. The molecule has 49 heavy (non-hydrogen) atoms. The molecule has 0 amide bonds.